The number of aromatic amines is 1. The highest BCUT2D eigenvalue weighted by Gasteiger charge is 2.08. The molecule has 0 radical (unpaired) electrons. The van der Waals surface area contributed by atoms with Crippen molar-refractivity contribution in [3.8, 4) is 0 Å². The van der Waals surface area contributed by atoms with Crippen molar-refractivity contribution in [3.63, 3.8) is 0 Å². The first kappa shape index (κ1) is 11.0. The van der Waals surface area contributed by atoms with Gasteiger partial charge in [0.05, 0.1) is 5.60 Å². The van der Waals surface area contributed by atoms with E-state index in [9.17, 15) is 5.11 Å². The summed E-state index contributed by atoms with van der Waals surface area (Å²) in [4.78, 5) is 3.34. The maximum atomic E-state index is 9.64. The van der Waals surface area contributed by atoms with E-state index >= 15 is 0 Å². The molecule has 0 fully saturated rings. The van der Waals surface area contributed by atoms with Gasteiger partial charge in [-0.3, -0.25) is 0 Å². The molecule has 0 amide bonds. The van der Waals surface area contributed by atoms with Crippen molar-refractivity contribution in [3.05, 3.63) is 41.6 Å². The van der Waals surface area contributed by atoms with Gasteiger partial charge in [-0.1, -0.05) is 24.3 Å². The zero-order valence-corrected chi connectivity index (χ0v) is 9.91. The molecule has 0 aliphatic carbocycles. The molecule has 0 saturated carbocycles. The summed E-state index contributed by atoms with van der Waals surface area (Å²) in [6.45, 7) is 5.62. The maximum Gasteiger partial charge on any atom is 0.0775 e. The van der Waals surface area contributed by atoms with Gasteiger partial charge in [-0.05, 0) is 38.5 Å². The maximum absolute atomic E-state index is 9.64. The summed E-state index contributed by atoms with van der Waals surface area (Å²) in [6.07, 6.45) is 3.74. The molecule has 2 N–H and O–H groups in total. The lowest BCUT2D eigenvalue weighted by Gasteiger charge is -2.09. The Hall–Kier alpha value is -1.54. The number of hydrogen-bond acceptors (Lipinski definition) is 1. The van der Waals surface area contributed by atoms with E-state index in [4.69, 9.17) is 0 Å². The standard InChI is InChI=1S/C14H17NO/c1-10-11-6-4-5-7-13(11)15-12(10)8-9-14(2,3)16/h4-9,15-16H,1-3H3/b9-8+. The minimum Gasteiger partial charge on any atom is -0.386 e. The number of rotatable bonds is 2. The van der Waals surface area contributed by atoms with Gasteiger partial charge in [-0.25, -0.2) is 0 Å². The molecule has 2 aromatic rings. The highest BCUT2D eigenvalue weighted by molar-refractivity contribution is 5.86. The second kappa shape index (κ2) is 3.80. The van der Waals surface area contributed by atoms with Gasteiger partial charge in [0.25, 0.3) is 0 Å². The molecule has 0 unspecified atom stereocenters. The third-order valence-electron chi connectivity index (χ3n) is 2.66. The van der Waals surface area contributed by atoms with Crippen LogP contribution in [-0.2, 0) is 0 Å². The Morgan fingerprint density at radius 2 is 1.94 bits per heavy atom. The lowest BCUT2D eigenvalue weighted by molar-refractivity contribution is 0.134. The molecule has 0 saturated heterocycles. The molecule has 2 nitrogen and oxygen atoms in total. The fourth-order valence-corrected chi connectivity index (χ4v) is 1.76. The Morgan fingerprint density at radius 1 is 1.25 bits per heavy atom. The average molecular weight is 215 g/mol. The largest absolute Gasteiger partial charge is 0.386 e. The van der Waals surface area contributed by atoms with Crippen LogP contribution in [0, 0.1) is 6.92 Å². The zero-order chi connectivity index (χ0) is 11.8. The van der Waals surface area contributed by atoms with Crippen LogP contribution in [-0.4, -0.2) is 15.7 Å². The van der Waals surface area contributed by atoms with Crippen molar-refractivity contribution in [1.82, 2.24) is 4.98 Å². The number of para-hydroxylation sites is 1. The van der Waals surface area contributed by atoms with E-state index in [1.807, 2.05) is 18.2 Å². The van der Waals surface area contributed by atoms with Gasteiger partial charge in [0.15, 0.2) is 0 Å². The van der Waals surface area contributed by atoms with E-state index in [-0.39, 0.29) is 0 Å². The topological polar surface area (TPSA) is 36.0 Å². The summed E-state index contributed by atoms with van der Waals surface area (Å²) in [5.41, 5.74) is 2.64. The molecule has 2 rings (SSSR count). The number of H-pyrrole nitrogens is 1. The summed E-state index contributed by atoms with van der Waals surface area (Å²) in [7, 11) is 0. The van der Waals surface area contributed by atoms with Gasteiger partial charge >= 0.3 is 0 Å². The van der Waals surface area contributed by atoms with Crippen LogP contribution >= 0.6 is 0 Å². The minimum atomic E-state index is -0.774. The highest BCUT2D eigenvalue weighted by Crippen LogP contribution is 2.22. The Labute approximate surface area is 95.6 Å². The Bertz CT molecular complexity index is 529. The van der Waals surface area contributed by atoms with Gasteiger partial charge in [0.1, 0.15) is 0 Å². The van der Waals surface area contributed by atoms with Gasteiger partial charge < -0.3 is 10.1 Å². The van der Waals surface area contributed by atoms with E-state index in [1.54, 1.807) is 19.9 Å². The Balaban J connectivity index is 2.46. The predicted molar refractivity (Wildman–Crippen MR) is 68.4 cm³/mol. The highest BCUT2D eigenvalue weighted by atomic mass is 16.3. The summed E-state index contributed by atoms with van der Waals surface area (Å²) >= 11 is 0. The van der Waals surface area contributed by atoms with Gasteiger partial charge in [0, 0.05) is 16.6 Å². The first-order valence-electron chi connectivity index (χ1n) is 5.46. The molecule has 0 aliphatic heterocycles. The van der Waals surface area contributed by atoms with Crippen molar-refractivity contribution in [1.29, 1.82) is 0 Å². The average Bonchev–Trinajstić information content (AvgIpc) is 2.53. The van der Waals surface area contributed by atoms with Crippen LogP contribution in [0.1, 0.15) is 25.1 Å². The van der Waals surface area contributed by atoms with E-state index in [0.29, 0.717) is 0 Å². The molecule has 0 aliphatic rings. The van der Waals surface area contributed by atoms with E-state index < -0.39 is 5.60 Å². The second-order valence-electron chi connectivity index (χ2n) is 4.70. The van der Waals surface area contributed by atoms with Crippen molar-refractivity contribution in [2.45, 2.75) is 26.4 Å². The van der Waals surface area contributed by atoms with Crippen LogP contribution in [0.2, 0.25) is 0 Å². The normalized spacial score (nSPS) is 12.8. The van der Waals surface area contributed by atoms with E-state index in [2.05, 4.69) is 24.0 Å². The molecule has 1 aromatic heterocycles. The van der Waals surface area contributed by atoms with Crippen LogP contribution in [0.5, 0.6) is 0 Å². The van der Waals surface area contributed by atoms with Gasteiger partial charge in [-0.15, -0.1) is 0 Å². The number of aromatic nitrogens is 1. The van der Waals surface area contributed by atoms with Gasteiger partial charge in [0.2, 0.25) is 0 Å². The monoisotopic (exact) mass is 215 g/mol. The van der Waals surface area contributed by atoms with Gasteiger partial charge in [-0.2, -0.15) is 0 Å². The molecular formula is C14H17NO. The molecule has 2 heteroatoms. The number of aliphatic hydroxyl groups is 1. The van der Waals surface area contributed by atoms with Crippen LogP contribution in [0.25, 0.3) is 17.0 Å². The van der Waals surface area contributed by atoms with Crippen LogP contribution in [0.15, 0.2) is 30.3 Å². The molecule has 0 atom stereocenters. The smallest absolute Gasteiger partial charge is 0.0775 e. The number of nitrogens with one attached hydrogen (secondary N) is 1. The second-order valence-corrected chi connectivity index (χ2v) is 4.70. The third-order valence-corrected chi connectivity index (χ3v) is 2.66. The van der Waals surface area contributed by atoms with Crippen molar-refractivity contribution in [2.75, 3.05) is 0 Å². The van der Waals surface area contributed by atoms with Crippen LogP contribution in [0.3, 0.4) is 0 Å². The molecule has 84 valence electrons. The van der Waals surface area contributed by atoms with Crippen molar-refractivity contribution >= 4 is 17.0 Å². The van der Waals surface area contributed by atoms with Crippen molar-refractivity contribution in [2.24, 2.45) is 0 Å². The minimum absolute atomic E-state index is 0.774. The summed E-state index contributed by atoms with van der Waals surface area (Å²) < 4.78 is 0. The summed E-state index contributed by atoms with van der Waals surface area (Å²) in [5, 5.41) is 10.9. The molecule has 1 aromatic carbocycles. The van der Waals surface area contributed by atoms with Crippen molar-refractivity contribution < 1.29 is 5.11 Å². The zero-order valence-electron chi connectivity index (χ0n) is 9.91. The number of benzene rings is 1. The number of hydrogen-bond donors (Lipinski definition) is 2. The fourth-order valence-electron chi connectivity index (χ4n) is 1.76. The molecule has 0 spiro atoms. The van der Waals surface area contributed by atoms with Crippen LogP contribution < -0.4 is 0 Å². The molecular weight excluding hydrogens is 198 g/mol. The first-order chi connectivity index (χ1) is 7.47. The molecule has 1 heterocycles. The predicted octanol–water partition coefficient (Wildman–Crippen LogP) is 3.26. The summed E-state index contributed by atoms with van der Waals surface area (Å²) in [5.74, 6) is 0. The molecule has 16 heavy (non-hydrogen) atoms. The number of aryl methyl sites for hydroxylation is 1. The van der Waals surface area contributed by atoms with Crippen LogP contribution in [0.4, 0.5) is 0 Å². The van der Waals surface area contributed by atoms with E-state index in [1.165, 1.54) is 10.9 Å². The number of fused-ring (bicyclic) bond motifs is 1. The third kappa shape index (κ3) is 2.17. The molecule has 0 bridgehead atoms. The fraction of sp³-hybridized carbons (Fsp3) is 0.286. The first-order valence-corrected chi connectivity index (χ1v) is 5.46. The summed E-state index contributed by atoms with van der Waals surface area (Å²) in [6, 6.07) is 8.21. The SMILES string of the molecule is Cc1c(/C=C/C(C)(C)O)[nH]c2ccccc12. The lowest BCUT2D eigenvalue weighted by Crippen LogP contribution is -2.13. The lowest BCUT2D eigenvalue weighted by atomic mass is 10.1. The Morgan fingerprint density at radius 3 is 2.56 bits per heavy atom. The van der Waals surface area contributed by atoms with E-state index in [0.717, 1.165) is 11.2 Å². The quantitative estimate of drug-likeness (QED) is 0.792. The Kier molecular flexibility index (Phi) is 2.60.